The number of amides is 4. The van der Waals surface area contributed by atoms with Gasteiger partial charge in [0.25, 0.3) is 17.7 Å². The van der Waals surface area contributed by atoms with Crippen molar-refractivity contribution in [2.75, 3.05) is 16.4 Å². The SMILES string of the molecule is NC(=O)c1ccccc1NC(=O)CSc1ccc(NC(=O)/C(=C/c2ccc(F)cc2)NC(=O)c2ccccc2)cc1. The standard InChI is InChI=1S/C31H25FN4O4S/c32-22-12-10-20(11-13-22)18-27(36-30(39)21-6-2-1-3-7-21)31(40)34-23-14-16-24(17-15-23)41-19-28(37)35-26-9-5-4-8-25(26)29(33)38/h1-18H,19H2,(H2,33,38)(H,34,40)(H,35,37)(H,36,39)/b27-18-. The topological polar surface area (TPSA) is 130 Å². The van der Waals surface area contributed by atoms with E-state index in [0.717, 1.165) is 4.90 Å². The first-order valence-electron chi connectivity index (χ1n) is 12.3. The highest BCUT2D eigenvalue weighted by Gasteiger charge is 2.16. The average molecular weight is 569 g/mol. The number of para-hydroxylation sites is 1. The summed E-state index contributed by atoms with van der Waals surface area (Å²) in [5.41, 5.74) is 7.23. The van der Waals surface area contributed by atoms with Gasteiger partial charge in [-0.15, -0.1) is 11.8 Å². The van der Waals surface area contributed by atoms with Crippen LogP contribution in [-0.4, -0.2) is 29.4 Å². The fourth-order valence-corrected chi connectivity index (χ4v) is 4.34. The third-order valence-corrected chi connectivity index (χ3v) is 6.67. The highest BCUT2D eigenvalue weighted by Crippen LogP contribution is 2.22. The number of halogens is 1. The molecule has 10 heteroatoms. The van der Waals surface area contributed by atoms with Gasteiger partial charge in [-0.25, -0.2) is 4.39 Å². The molecule has 0 saturated carbocycles. The lowest BCUT2D eigenvalue weighted by molar-refractivity contribution is -0.114. The number of carbonyl (C=O) groups is 4. The number of anilines is 2. The largest absolute Gasteiger partial charge is 0.366 e. The van der Waals surface area contributed by atoms with E-state index in [1.54, 1.807) is 72.8 Å². The molecule has 0 aromatic heterocycles. The van der Waals surface area contributed by atoms with E-state index in [2.05, 4.69) is 16.0 Å². The predicted molar refractivity (Wildman–Crippen MR) is 158 cm³/mol. The third-order valence-electron chi connectivity index (χ3n) is 5.66. The van der Waals surface area contributed by atoms with Crippen molar-refractivity contribution < 1.29 is 23.6 Å². The molecule has 206 valence electrons. The van der Waals surface area contributed by atoms with Crippen LogP contribution in [0.2, 0.25) is 0 Å². The van der Waals surface area contributed by atoms with Gasteiger partial charge in [-0.05, 0) is 72.3 Å². The Hall–Kier alpha value is -5.22. The Morgan fingerprint density at radius 3 is 2.12 bits per heavy atom. The molecule has 0 aliphatic heterocycles. The molecule has 0 saturated heterocycles. The van der Waals surface area contributed by atoms with Gasteiger partial charge in [-0.1, -0.05) is 42.5 Å². The van der Waals surface area contributed by atoms with Crippen molar-refractivity contribution in [2.45, 2.75) is 4.90 Å². The van der Waals surface area contributed by atoms with Crippen LogP contribution in [-0.2, 0) is 9.59 Å². The summed E-state index contributed by atoms with van der Waals surface area (Å²) in [5, 5.41) is 8.06. The average Bonchev–Trinajstić information content (AvgIpc) is 2.98. The predicted octanol–water partition coefficient (Wildman–Crippen LogP) is 5.07. The second-order valence-corrected chi connectivity index (χ2v) is 9.70. The van der Waals surface area contributed by atoms with E-state index in [1.165, 1.54) is 48.2 Å². The molecular weight excluding hydrogens is 543 g/mol. The van der Waals surface area contributed by atoms with Crippen LogP contribution >= 0.6 is 11.8 Å². The summed E-state index contributed by atoms with van der Waals surface area (Å²) >= 11 is 1.26. The van der Waals surface area contributed by atoms with Gasteiger partial charge in [0.05, 0.1) is 17.0 Å². The molecule has 0 bridgehead atoms. The van der Waals surface area contributed by atoms with E-state index in [1.807, 2.05) is 0 Å². The van der Waals surface area contributed by atoms with Gasteiger partial charge in [-0.3, -0.25) is 19.2 Å². The van der Waals surface area contributed by atoms with Gasteiger partial charge >= 0.3 is 0 Å². The molecule has 4 rings (SSSR count). The summed E-state index contributed by atoms with van der Waals surface area (Å²) in [7, 11) is 0. The Bertz CT molecular complexity index is 1590. The van der Waals surface area contributed by atoms with E-state index < -0.39 is 23.5 Å². The first-order valence-corrected chi connectivity index (χ1v) is 13.3. The molecule has 4 aromatic carbocycles. The van der Waals surface area contributed by atoms with Crippen molar-refractivity contribution in [1.29, 1.82) is 0 Å². The molecule has 0 aliphatic carbocycles. The normalized spacial score (nSPS) is 10.9. The van der Waals surface area contributed by atoms with Gasteiger partial charge in [0.1, 0.15) is 11.5 Å². The van der Waals surface area contributed by atoms with Crippen molar-refractivity contribution in [3.8, 4) is 0 Å². The van der Waals surface area contributed by atoms with Crippen LogP contribution in [0.15, 0.2) is 114 Å². The van der Waals surface area contributed by atoms with E-state index in [0.29, 0.717) is 22.5 Å². The lowest BCUT2D eigenvalue weighted by atomic mass is 10.1. The summed E-state index contributed by atoms with van der Waals surface area (Å²) in [5.74, 6) is -2.35. The van der Waals surface area contributed by atoms with Crippen LogP contribution in [0.25, 0.3) is 6.08 Å². The number of benzene rings is 4. The van der Waals surface area contributed by atoms with Gasteiger partial charge < -0.3 is 21.7 Å². The lowest BCUT2D eigenvalue weighted by Gasteiger charge is -2.12. The molecule has 0 aliphatic rings. The van der Waals surface area contributed by atoms with Crippen molar-refractivity contribution in [3.63, 3.8) is 0 Å². The first-order chi connectivity index (χ1) is 19.8. The second-order valence-electron chi connectivity index (χ2n) is 8.65. The first kappa shape index (κ1) is 28.8. The van der Waals surface area contributed by atoms with E-state index >= 15 is 0 Å². The zero-order chi connectivity index (χ0) is 29.2. The van der Waals surface area contributed by atoms with Crippen LogP contribution in [0.5, 0.6) is 0 Å². The third kappa shape index (κ3) is 8.38. The van der Waals surface area contributed by atoms with Crippen LogP contribution in [0, 0.1) is 5.82 Å². The molecule has 41 heavy (non-hydrogen) atoms. The lowest BCUT2D eigenvalue weighted by Crippen LogP contribution is -2.30. The fourth-order valence-electron chi connectivity index (χ4n) is 3.64. The second kappa shape index (κ2) is 13.7. The molecule has 0 atom stereocenters. The summed E-state index contributed by atoms with van der Waals surface area (Å²) in [4.78, 5) is 50.6. The maximum atomic E-state index is 13.4. The van der Waals surface area contributed by atoms with Gasteiger partial charge in [-0.2, -0.15) is 0 Å². The molecule has 4 aromatic rings. The van der Waals surface area contributed by atoms with Crippen molar-refractivity contribution in [2.24, 2.45) is 5.73 Å². The number of primary amides is 1. The number of rotatable bonds is 10. The number of hydrogen-bond donors (Lipinski definition) is 4. The van der Waals surface area contributed by atoms with Gasteiger partial charge in [0.2, 0.25) is 5.91 Å². The zero-order valence-electron chi connectivity index (χ0n) is 21.6. The van der Waals surface area contributed by atoms with Crippen molar-refractivity contribution in [1.82, 2.24) is 5.32 Å². The number of thioether (sulfide) groups is 1. The van der Waals surface area contributed by atoms with Gasteiger partial charge in [0.15, 0.2) is 0 Å². The van der Waals surface area contributed by atoms with Crippen LogP contribution in [0.1, 0.15) is 26.3 Å². The molecule has 5 N–H and O–H groups in total. The summed E-state index contributed by atoms with van der Waals surface area (Å²) in [6.07, 6.45) is 1.45. The Morgan fingerprint density at radius 2 is 1.44 bits per heavy atom. The van der Waals surface area contributed by atoms with E-state index in [9.17, 15) is 23.6 Å². The molecule has 8 nitrogen and oxygen atoms in total. The Balaban J connectivity index is 1.40. The summed E-state index contributed by atoms with van der Waals surface area (Å²) in [6.45, 7) is 0. The fraction of sp³-hybridized carbons (Fsp3) is 0.0323. The minimum absolute atomic E-state index is 0.0307. The molecule has 0 heterocycles. The van der Waals surface area contributed by atoms with Crippen LogP contribution in [0.3, 0.4) is 0 Å². The van der Waals surface area contributed by atoms with Gasteiger partial charge in [0, 0.05) is 16.1 Å². The quantitative estimate of drug-likeness (QED) is 0.157. The van der Waals surface area contributed by atoms with Crippen LogP contribution in [0.4, 0.5) is 15.8 Å². The van der Waals surface area contributed by atoms with E-state index in [-0.39, 0.29) is 22.9 Å². The summed E-state index contributed by atoms with van der Waals surface area (Å²) in [6, 6.07) is 27.2. The van der Waals surface area contributed by atoms with Crippen molar-refractivity contribution >= 4 is 52.8 Å². The monoisotopic (exact) mass is 568 g/mol. The highest BCUT2D eigenvalue weighted by molar-refractivity contribution is 8.00. The Morgan fingerprint density at radius 1 is 0.780 bits per heavy atom. The highest BCUT2D eigenvalue weighted by atomic mass is 32.2. The minimum Gasteiger partial charge on any atom is -0.366 e. The Kier molecular flexibility index (Phi) is 9.63. The maximum absolute atomic E-state index is 13.4. The number of hydrogen-bond acceptors (Lipinski definition) is 5. The smallest absolute Gasteiger partial charge is 0.272 e. The molecular formula is C31H25FN4O4S. The molecule has 4 amide bonds. The zero-order valence-corrected chi connectivity index (χ0v) is 22.4. The van der Waals surface area contributed by atoms with E-state index in [4.69, 9.17) is 5.73 Å². The molecule has 0 spiro atoms. The summed E-state index contributed by atoms with van der Waals surface area (Å²) < 4.78 is 13.4. The van der Waals surface area contributed by atoms with Crippen LogP contribution < -0.4 is 21.7 Å². The number of carbonyl (C=O) groups excluding carboxylic acids is 4. The maximum Gasteiger partial charge on any atom is 0.272 e. The van der Waals surface area contributed by atoms with Crippen molar-refractivity contribution in [3.05, 3.63) is 131 Å². The molecule has 0 unspecified atom stereocenters. The molecule has 0 radical (unpaired) electrons. The minimum atomic E-state index is -0.638. The molecule has 0 fully saturated rings. The Labute approximate surface area is 239 Å². The number of nitrogens with one attached hydrogen (secondary N) is 3. The number of nitrogens with two attached hydrogens (primary N) is 1.